The van der Waals surface area contributed by atoms with E-state index in [1.54, 1.807) is 17.0 Å². The topological polar surface area (TPSA) is 145 Å². The molecular weight excluding hydrogens is 553 g/mol. The zero-order valence-electron chi connectivity index (χ0n) is 19.7. The van der Waals surface area contributed by atoms with Gasteiger partial charge in [-0.3, -0.25) is 24.2 Å². The Labute approximate surface area is 217 Å². The van der Waals surface area contributed by atoms with Crippen LogP contribution >= 0.6 is 23.8 Å². The van der Waals surface area contributed by atoms with Crippen LogP contribution in [0.5, 0.6) is 5.75 Å². The summed E-state index contributed by atoms with van der Waals surface area (Å²) in [4.78, 5) is 57.7. The van der Waals surface area contributed by atoms with Crippen LogP contribution in [-0.2, 0) is 31.9 Å². The summed E-state index contributed by atoms with van der Waals surface area (Å²) < 4.78 is 16.5. The molecule has 10 nitrogen and oxygen atoms in total. The molecule has 2 atom stereocenters. The van der Waals surface area contributed by atoms with Gasteiger partial charge in [0.05, 0.1) is 0 Å². The number of hydrogen-bond acceptors (Lipinski definition) is 5. The number of carbonyl (C=O) groups is 3. The Kier molecular flexibility index (Phi) is 9.67. The highest BCUT2D eigenvalue weighted by Gasteiger charge is 2.31. The molecule has 0 bridgehead atoms. The number of benzene rings is 2. The van der Waals surface area contributed by atoms with Crippen LogP contribution in [0.25, 0.3) is 0 Å². The van der Waals surface area contributed by atoms with Crippen molar-refractivity contribution in [1.29, 1.82) is 0 Å². The van der Waals surface area contributed by atoms with Gasteiger partial charge in [0.2, 0.25) is 17.7 Å². The predicted molar refractivity (Wildman–Crippen MR) is 136 cm³/mol. The van der Waals surface area contributed by atoms with Crippen molar-refractivity contribution >= 4 is 41.5 Å². The van der Waals surface area contributed by atoms with Crippen molar-refractivity contribution in [3.8, 4) is 5.75 Å². The quantitative estimate of drug-likeness (QED) is 0.333. The lowest BCUT2D eigenvalue weighted by atomic mass is 10.0. The Morgan fingerprint density at radius 2 is 1.75 bits per heavy atom. The van der Waals surface area contributed by atoms with Gasteiger partial charge >= 0.3 is 7.82 Å². The molecule has 1 fully saturated rings. The second-order valence-corrected chi connectivity index (χ2v) is 10.7. The first kappa shape index (κ1) is 27.9. The lowest BCUT2D eigenvalue weighted by Crippen LogP contribution is -2.54. The molecule has 1 aliphatic heterocycles. The van der Waals surface area contributed by atoms with Crippen molar-refractivity contribution in [2.45, 2.75) is 51.2 Å². The van der Waals surface area contributed by atoms with Gasteiger partial charge in [-0.2, -0.15) is 0 Å². The molecule has 0 saturated carbocycles. The summed E-state index contributed by atoms with van der Waals surface area (Å²) >= 11 is 3.41. The number of rotatable bonds is 9. The third kappa shape index (κ3) is 8.74. The molecule has 2 aromatic carbocycles. The maximum atomic E-state index is 13.2. The van der Waals surface area contributed by atoms with Crippen LogP contribution in [0.2, 0.25) is 0 Å². The van der Waals surface area contributed by atoms with Gasteiger partial charge in [-0.15, -0.1) is 0 Å². The Morgan fingerprint density at radius 1 is 1.11 bits per heavy atom. The molecule has 0 spiro atoms. The number of nitrogens with zero attached hydrogens (tertiary/aromatic N) is 1. The van der Waals surface area contributed by atoms with E-state index in [9.17, 15) is 18.9 Å². The Morgan fingerprint density at radius 3 is 2.36 bits per heavy atom. The highest BCUT2D eigenvalue weighted by Crippen LogP contribution is 2.37. The van der Waals surface area contributed by atoms with Crippen molar-refractivity contribution in [3.63, 3.8) is 0 Å². The number of halogens is 1. The summed E-state index contributed by atoms with van der Waals surface area (Å²) in [7, 11) is -4.68. The fourth-order valence-corrected chi connectivity index (χ4v) is 4.65. The number of hydrogen-bond donors (Lipinski definition) is 4. The molecule has 4 N–H and O–H groups in total. The van der Waals surface area contributed by atoms with Gasteiger partial charge < -0.3 is 20.1 Å². The smallest absolute Gasteiger partial charge is 0.404 e. The molecule has 0 aromatic heterocycles. The van der Waals surface area contributed by atoms with E-state index in [1.807, 2.05) is 24.3 Å². The maximum Gasteiger partial charge on any atom is 0.524 e. The van der Waals surface area contributed by atoms with Crippen LogP contribution in [0.4, 0.5) is 0 Å². The lowest BCUT2D eigenvalue weighted by molar-refractivity contribution is -0.137. The van der Waals surface area contributed by atoms with Crippen molar-refractivity contribution in [2.24, 2.45) is 0 Å². The van der Waals surface area contributed by atoms with Crippen LogP contribution in [0.15, 0.2) is 53.0 Å². The highest BCUT2D eigenvalue weighted by molar-refractivity contribution is 9.10. The number of nitrogens with one attached hydrogen (secondary N) is 2. The lowest BCUT2D eigenvalue weighted by Gasteiger charge is -2.26. The standard InChI is InChI=1S/C24H29BrN3O7P/c1-16(29)26-22(14-17-7-11-20(12-8-17)35-36(32,33)34)23(30)27-21-4-2-3-13-28(24(21)31)15-18-5-9-19(25)10-6-18/h5-12,21-22H,2-4,13-15H2,1H3,(H,26,29)(H,27,30)(H2,32,33,34)/t21-,22-/m0/s1. The number of amides is 3. The van der Waals surface area contributed by atoms with Crippen LogP contribution < -0.4 is 15.2 Å². The summed E-state index contributed by atoms with van der Waals surface area (Å²) in [6.07, 6.45) is 2.22. The van der Waals surface area contributed by atoms with Crippen molar-refractivity contribution in [1.82, 2.24) is 15.5 Å². The molecular formula is C24H29BrN3O7P. The van der Waals surface area contributed by atoms with Gasteiger partial charge in [-0.25, -0.2) is 4.57 Å². The van der Waals surface area contributed by atoms with Gasteiger partial charge in [0, 0.05) is 30.9 Å². The first-order valence-corrected chi connectivity index (χ1v) is 13.8. The molecule has 194 valence electrons. The first-order chi connectivity index (χ1) is 17.0. The second-order valence-electron chi connectivity index (χ2n) is 8.63. The van der Waals surface area contributed by atoms with Gasteiger partial charge in [0.1, 0.15) is 17.8 Å². The minimum Gasteiger partial charge on any atom is -0.404 e. The molecule has 1 saturated heterocycles. The van der Waals surface area contributed by atoms with Crippen molar-refractivity contribution < 1.29 is 33.3 Å². The molecule has 2 aromatic rings. The van der Waals surface area contributed by atoms with Crippen molar-refractivity contribution in [2.75, 3.05) is 6.54 Å². The maximum absolute atomic E-state index is 13.2. The van der Waals surface area contributed by atoms with E-state index in [0.717, 1.165) is 22.9 Å². The van der Waals surface area contributed by atoms with E-state index in [4.69, 9.17) is 9.79 Å². The average Bonchev–Trinajstić information content (AvgIpc) is 2.96. The Hall–Kier alpha value is -2.72. The van der Waals surface area contributed by atoms with E-state index >= 15 is 0 Å². The Bertz CT molecular complexity index is 1120. The molecule has 1 aliphatic rings. The number of phosphoric acid groups is 1. The van der Waals surface area contributed by atoms with E-state index in [2.05, 4.69) is 31.1 Å². The molecule has 36 heavy (non-hydrogen) atoms. The van der Waals surface area contributed by atoms with E-state index in [0.29, 0.717) is 25.1 Å². The van der Waals surface area contributed by atoms with Gasteiger partial charge in [-0.05, 0) is 54.7 Å². The fourth-order valence-electron chi connectivity index (χ4n) is 3.99. The molecule has 0 unspecified atom stereocenters. The summed E-state index contributed by atoms with van der Waals surface area (Å²) in [6, 6.07) is 11.9. The number of carbonyl (C=O) groups excluding carboxylic acids is 3. The van der Waals surface area contributed by atoms with Crippen LogP contribution in [0.3, 0.4) is 0 Å². The number of phosphoric ester groups is 1. The molecule has 3 amide bonds. The average molecular weight is 582 g/mol. The van der Waals surface area contributed by atoms with Gasteiger partial charge in [0.25, 0.3) is 0 Å². The fraction of sp³-hybridized carbons (Fsp3) is 0.375. The summed E-state index contributed by atoms with van der Waals surface area (Å²) in [6.45, 7) is 2.34. The van der Waals surface area contributed by atoms with Crippen LogP contribution in [-0.4, -0.2) is 51.0 Å². The molecule has 1 heterocycles. The summed E-state index contributed by atoms with van der Waals surface area (Å²) in [5.41, 5.74) is 1.62. The minimum absolute atomic E-state index is 0.0254. The SMILES string of the molecule is CC(=O)N[C@@H](Cc1ccc(OP(=O)(O)O)cc1)C(=O)N[C@H]1CCCCN(Cc2ccc(Br)cc2)C1=O. The molecule has 12 heteroatoms. The monoisotopic (exact) mass is 581 g/mol. The summed E-state index contributed by atoms with van der Waals surface area (Å²) in [5, 5.41) is 5.44. The number of likely N-dealkylation sites (tertiary alicyclic amines) is 1. The second kappa shape index (κ2) is 12.5. The largest absolute Gasteiger partial charge is 0.524 e. The molecule has 3 rings (SSSR count). The van der Waals surface area contributed by atoms with Gasteiger partial charge in [-0.1, -0.05) is 40.2 Å². The third-order valence-corrected chi connectivity index (χ3v) is 6.64. The summed E-state index contributed by atoms with van der Waals surface area (Å²) in [5.74, 6) is -1.07. The van der Waals surface area contributed by atoms with Crippen molar-refractivity contribution in [3.05, 3.63) is 64.1 Å². The van der Waals surface area contributed by atoms with E-state index in [1.165, 1.54) is 19.1 Å². The molecule has 0 radical (unpaired) electrons. The van der Waals surface area contributed by atoms with E-state index < -0.39 is 31.7 Å². The normalized spacial score (nSPS) is 17.2. The first-order valence-electron chi connectivity index (χ1n) is 11.4. The highest BCUT2D eigenvalue weighted by atomic mass is 79.9. The Balaban J connectivity index is 1.68. The third-order valence-electron chi connectivity index (χ3n) is 5.67. The van der Waals surface area contributed by atoms with E-state index in [-0.39, 0.29) is 18.1 Å². The van der Waals surface area contributed by atoms with Gasteiger partial charge in [0.15, 0.2) is 0 Å². The van der Waals surface area contributed by atoms with Crippen LogP contribution in [0, 0.1) is 0 Å². The zero-order chi connectivity index (χ0) is 26.3. The zero-order valence-corrected chi connectivity index (χ0v) is 22.2. The van der Waals surface area contributed by atoms with Crippen LogP contribution in [0.1, 0.15) is 37.3 Å². The minimum atomic E-state index is -4.68. The molecule has 0 aliphatic carbocycles. The predicted octanol–water partition coefficient (Wildman–Crippen LogP) is 2.67.